The van der Waals surface area contributed by atoms with E-state index in [2.05, 4.69) is 21.3 Å². The molecule has 0 aliphatic rings. The number of aromatic nitrogens is 2. The third-order valence-corrected chi connectivity index (χ3v) is 5.00. The summed E-state index contributed by atoms with van der Waals surface area (Å²) < 4.78 is 1.55. The van der Waals surface area contributed by atoms with Gasteiger partial charge < -0.3 is 5.32 Å². The van der Waals surface area contributed by atoms with Crippen LogP contribution < -0.4 is 16.2 Å². The molecule has 0 atom stereocenters. The van der Waals surface area contributed by atoms with Gasteiger partial charge in [0.05, 0.1) is 28.7 Å². The van der Waals surface area contributed by atoms with Crippen LogP contribution in [0.2, 0.25) is 10.0 Å². The van der Waals surface area contributed by atoms with Crippen molar-refractivity contribution in [3.8, 4) is 11.3 Å². The Hall–Kier alpha value is -3.36. The Labute approximate surface area is 188 Å². The maximum absolute atomic E-state index is 13.2. The van der Waals surface area contributed by atoms with Gasteiger partial charge in [0.25, 0.3) is 11.8 Å². The number of hydrogen-bond donors (Lipinski definition) is 3. The Kier molecular flexibility index (Phi) is 6.62. The molecule has 3 N–H and O–H groups in total. The van der Waals surface area contributed by atoms with Gasteiger partial charge in [0, 0.05) is 29.6 Å². The molecule has 0 aliphatic carbocycles. The standard InChI is InChI=1S/C21H19Cl2N5O3/c1-11-8-13(22)9-15(21(31)27-26-12(2)29)18(11)25-20(30)16-10-24-28(3)19(16)14-6-4-5-7-17(14)23/h4-10H,1-3H3,(H,25,30)(H,26,29)(H,27,31). The van der Waals surface area contributed by atoms with Crippen LogP contribution in [-0.4, -0.2) is 27.5 Å². The summed E-state index contributed by atoms with van der Waals surface area (Å²) >= 11 is 12.4. The molecule has 0 saturated heterocycles. The molecule has 0 fully saturated rings. The highest BCUT2D eigenvalue weighted by molar-refractivity contribution is 6.33. The number of carbonyl (C=O) groups excluding carboxylic acids is 3. The number of hydrogen-bond acceptors (Lipinski definition) is 4. The second-order valence-electron chi connectivity index (χ2n) is 6.74. The van der Waals surface area contributed by atoms with E-state index in [0.717, 1.165) is 0 Å². The van der Waals surface area contributed by atoms with Gasteiger partial charge in [0.15, 0.2) is 0 Å². The number of hydrazine groups is 1. The van der Waals surface area contributed by atoms with E-state index in [1.54, 1.807) is 42.9 Å². The van der Waals surface area contributed by atoms with E-state index in [9.17, 15) is 14.4 Å². The molecular weight excluding hydrogens is 441 g/mol. The van der Waals surface area contributed by atoms with E-state index in [4.69, 9.17) is 23.2 Å². The first-order valence-corrected chi connectivity index (χ1v) is 9.90. The van der Waals surface area contributed by atoms with Gasteiger partial charge in [0.2, 0.25) is 5.91 Å². The minimum atomic E-state index is -0.631. The van der Waals surface area contributed by atoms with E-state index >= 15 is 0 Å². The molecule has 0 aliphatic heterocycles. The van der Waals surface area contributed by atoms with E-state index in [1.807, 2.05) is 6.07 Å². The normalized spacial score (nSPS) is 10.5. The molecule has 0 saturated carbocycles. The maximum atomic E-state index is 13.2. The van der Waals surface area contributed by atoms with Gasteiger partial charge in [0.1, 0.15) is 0 Å². The first kappa shape index (κ1) is 22.3. The van der Waals surface area contributed by atoms with Gasteiger partial charge in [-0.2, -0.15) is 5.10 Å². The number of halogens is 2. The summed E-state index contributed by atoms with van der Waals surface area (Å²) in [7, 11) is 1.70. The number of rotatable bonds is 4. The summed E-state index contributed by atoms with van der Waals surface area (Å²) in [4.78, 5) is 36.9. The number of nitrogens with one attached hydrogen (secondary N) is 3. The Balaban J connectivity index is 2.00. The zero-order valence-electron chi connectivity index (χ0n) is 16.9. The number of anilines is 1. The van der Waals surface area contributed by atoms with Gasteiger partial charge in [-0.1, -0.05) is 41.4 Å². The van der Waals surface area contributed by atoms with Crippen LogP contribution in [0.3, 0.4) is 0 Å². The lowest BCUT2D eigenvalue weighted by molar-refractivity contribution is -0.119. The van der Waals surface area contributed by atoms with Crippen molar-refractivity contribution in [2.24, 2.45) is 7.05 Å². The Bertz CT molecular complexity index is 1190. The molecule has 160 valence electrons. The smallest absolute Gasteiger partial charge is 0.271 e. The average Bonchev–Trinajstić information content (AvgIpc) is 3.09. The van der Waals surface area contributed by atoms with Crippen molar-refractivity contribution < 1.29 is 14.4 Å². The summed E-state index contributed by atoms with van der Waals surface area (Å²) in [6.45, 7) is 2.96. The molecule has 0 spiro atoms. The lowest BCUT2D eigenvalue weighted by Crippen LogP contribution is -2.40. The highest BCUT2D eigenvalue weighted by Gasteiger charge is 2.23. The molecular formula is C21H19Cl2N5O3. The Morgan fingerprint density at radius 2 is 1.71 bits per heavy atom. The van der Waals surface area contributed by atoms with Crippen LogP contribution in [0.5, 0.6) is 0 Å². The quantitative estimate of drug-likeness (QED) is 0.516. The minimum absolute atomic E-state index is 0.0929. The summed E-state index contributed by atoms with van der Waals surface area (Å²) in [5, 5.41) is 7.73. The summed E-state index contributed by atoms with van der Waals surface area (Å²) in [5.41, 5.74) is 6.85. The lowest BCUT2D eigenvalue weighted by Gasteiger charge is -2.15. The summed E-state index contributed by atoms with van der Waals surface area (Å²) in [6.07, 6.45) is 1.43. The first-order chi connectivity index (χ1) is 14.7. The fraction of sp³-hybridized carbons (Fsp3) is 0.143. The van der Waals surface area contributed by atoms with E-state index in [-0.39, 0.29) is 16.8 Å². The number of nitrogens with zero attached hydrogens (tertiary/aromatic N) is 2. The molecule has 2 aromatic carbocycles. The van der Waals surface area contributed by atoms with E-state index in [0.29, 0.717) is 26.9 Å². The molecule has 1 heterocycles. The van der Waals surface area contributed by atoms with Crippen LogP contribution in [0.15, 0.2) is 42.6 Å². The van der Waals surface area contributed by atoms with Crippen LogP contribution >= 0.6 is 23.2 Å². The molecule has 31 heavy (non-hydrogen) atoms. The fourth-order valence-corrected chi connectivity index (χ4v) is 3.56. The number of benzene rings is 2. The second kappa shape index (κ2) is 9.20. The maximum Gasteiger partial charge on any atom is 0.271 e. The van der Waals surface area contributed by atoms with E-state index in [1.165, 1.54) is 19.2 Å². The van der Waals surface area contributed by atoms with E-state index < -0.39 is 17.7 Å². The number of carbonyl (C=O) groups is 3. The van der Waals surface area contributed by atoms with Crippen LogP contribution in [0.25, 0.3) is 11.3 Å². The zero-order chi connectivity index (χ0) is 22.7. The molecule has 3 aromatic rings. The summed E-state index contributed by atoms with van der Waals surface area (Å²) in [5.74, 6) is -1.56. The summed E-state index contributed by atoms with van der Waals surface area (Å²) in [6, 6.07) is 10.1. The van der Waals surface area contributed by atoms with Crippen molar-refractivity contribution in [1.82, 2.24) is 20.6 Å². The van der Waals surface area contributed by atoms with Gasteiger partial charge in [-0.3, -0.25) is 29.9 Å². The monoisotopic (exact) mass is 459 g/mol. The lowest BCUT2D eigenvalue weighted by atomic mass is 10.0. The molecule has 3 rings (SSSR count). The predicted molar refractivity (Wildman–Crippen MR) is 119 cm³/mol. The van der Waals surface area contributed by atoms with Crippen molar-refractivity contribution in [3.63, 3.8) is 0 Å². The SMILES string of the molecule is CC(=O)NNC(=O)c1cc(Cl)cc(C)c1NC(=O)c1cnn(C)c1-c1ccccc1Cl. The van der Waals surface area contributed by atoms with Gasteiger partial charge in [-0.05, 0) is 30.7 Å². The molecule has 0 unspecified atom stereocenters. The van der Waals surface area contributed by atoms with Gasteiger partial charge >= 0.3 is 0 Å². The van der Waals surface area contributed by atoms with Crippen molar-refractivity contribution >= 4 is 46.6 Å². The van der Waals surface area contributed by atoms with Crippen LogP contribution in [0.1, 0.15) is 33.2 Å². The third-order valence-electron chi connectivity index (χ3n) is 4.45. The van der Waals surface area contributed by atoms with Crippen molar-refractivity contribution in [3.05, 3.63) is 69.3 Å². The second-order valence-corrected chi connectivity index (χ2v) is 7.59. The van der Waals surface area contributed by atoms with Crippen LogP contribution in [-0.2, 0) is 11.8 Å². The average molecular weight is 460 g/mol. The van der Waals surface area contributed by atoms with Crippen LogP contribution in [0, 0.1) is 6.92 Å². The highest BCUT2D eigenvalue weighted by atomic mass is 35.5. The van der Waals surface area contributed by atoms with Crippen molar-refractivity contribution in [2.45, 2.75) is 13.8 Å². The molecule has 1 aromatic heterocycles. The van der Waals surface area contributed by atoms with Gasteiger partial charge in [-0.15, -0.1) is 0 Å². The molecule has 0 bridgehead atoms. The fourth-order valence-electron chi connectivity index (χ4n) is 3.06. The Morgan fingerprint density at radius 1 is 1.00 bits per heavy atom. The molecule has 8 nitrogen and oxygen atoms in total. The number of amides is 3. The number of aryl methyl sites for hydroxylation is 2. The topological polar surface area (TPSA) is 105 Å². The van der Waals surface area contributed by atoms with Crippen molar-refractivity contribution in [2.75, 3.05) is 5.32 Å². The largest absolute Gasteiger partial charge is 0.321 e. The Morgan fingerprint density at radius 3 is 2.39 bits per heavy atom. The minimum Gasteiger partial charge on any atom is -0.321 e. The zero-order valence-corrected chi connectivity index (χ0v) is 18.4. The van der Waals surface area contributed by atoms with Gasteiger partial charge in [-0.25, -0.2) is 0 Å². The molecule has 3 amide bonds. The first-order valence-electron chi connectivity index (χ1n) is 9.14. The molecule has 10 heteroatoms. The van der Waals surface area contributed by atoms with Crippen molar-refractivity contribution in [1.29, 1.82) is 0 Å². The third kappa shape index (κ3) is 4.87. The predicted octanol–water partition coefficient (Wildman–Crippen LogP) is 3.74. The molecule has 0 radical (unpaired) electrons. The highest BCUT2D eigenvalue weighted by Crippen LogP contribution is 2.31. The van der Waals surface area contributed by atoms with Crippen LogP contribution in [0.4, 0.5) is 5.69 Å².